The summed E-state index contributed by atoms with van der Waals surface area (Å²) in [6.07, 6.45) is 0. The first kappa shape index (κ1) is 17.7. The second-order valence-electron chi connectivity index (χ2n) is 6.62. The van der Waals surface area contributed by atoms with E-state index in [2.05, 4.69) is 33.6 Å². The van der Waals surface area contributed by atoms with Crippen molar-refractivity contribution in [2.75, 3.05) is 5.75 Å². The Morgan fingerprint density at radius 1 is 1.12 bits per heavy atom. The predicted octanol–water partition coefficient (Wildman–Crippen LogP) is 3.72. The van der Waals surface area contributed by atoms with Crippen molar-refractivity contribution in [3.8, 4) is 0 Å². The van der Waals surface area contributed by atoms with Gasteiger partial charge in [-0.1, -0.05) is 11.8 Å². The number of hydrogen-bond donors (Lipinski definition) is 0. The number of carbonyl (C=O) groups excluding carboxylic acids is 1. The van der Waals surface area contributed by atoms with Crippen molar-refractivity contribution >= 4 is 23.3 Å². The molecule has 0 spiro atoms. The van der Waals surface area contributed by atoms with Gasteiger partial charge in [-0.2, -0.15) is 0 Å². The van der Waals surface area contributed by atoms with Crippen LogP contribution in [0.1, 0.15) is 53.0 Å². The summed E-state index contributed by atoms with van der Waals surface area (Å²) >= 11 is 1.40. The summed E-state index contributed by atoms with van der Waals surface area (Å²) in [6, 6.07) is 4.31. The van der Waals surface area contributed by atoms with Crippen LogP contribution in [-0.2, 0) is 0 Å². The van der Waals surface area contributed by atoms with Gasteiger partial charge in [0.1, 0.15) is 0 Å². The number of carbonyl (C=O) groups is 1. The average Bonchev–Trinajstić information content (AvgIpc) is 3.05. The first-order chi connectivity index (χ1) is 11.8. The molecule has 6 nitrogen and oxygen atoms in total. The minimum absolute atomic E-state index is 0.111. The minimum Gasteiger partial charge on any atom is -0.346 e. The van der Waals surface area contributed by atoms with Crippen LogP contribution >= 0.6 is 11.8 Å². The van der Waals surface area contributed by atoms with Crippen molar-refractivity contribution in [3.05, 3.63) is 40.5 Å². The molecule has 0 aliphatic heterocycles. The molecule has 0 fully saturated rings. The highest BCUT2D eigenvalue weighted by Crippen LogP contribution is 2.24. The first-order valence-electron chi connectivity index (χ1n) is 8.33. The van der Waals surface area contributed by atoms with E-state index < -0.39 is 0 Å². The summed E-state index contributed by atoms with van der Waals surface area (Å²) in [6.45, 7) is 12.2. The van der Waals surface area contributed by atoms with Crippen LogP contribution in [-0.4, -0.2) is 35.7 Å². The third-order valence-electron chi connectivity index (χ3n) is 4.30. The Morgan fingerprint density at radius 2 is 1.84 bits per heavy atom. The van der Waals surface area contributed by atoms with Gasteiger partial charge >= 0.3 is 0 Å². The minimum atomic E-state index is 0.111. The number of hydrogen-bond acceptors (Lipinski definition) is 5. The molecule has 0 saturated heterocycles. The quantitative estimate of drug-likeness (QED) is 0.514. The summed E-state index contributed by atoms with van der Waals surface area (Å²) in [5.74, 6) is 1.01. The van der Waals surface area contributed by atoms with Crippen molar-refractivity contribution in [1.29, 1.82) is 0 Å². The molecule has 0 atom stereocenters. The highest BCUT2D eigenvalue weighted by atomic mass is 32.2. The lowest BCUT2D eigenvalue weighted by Gasteiger charge is -2.13. The maximum Gasteiger partial charge on any atom is 0.256 e. The van der Waals surface area contributed by atoms with Gasteiger partial charge in [0.15, 0.2) is 10.9 Å². The van der Waals surface area contributed by atoms with Crippen molar-refractivity contribution in [2.45, 2.75) is 52.7 Å². The van der Waals surface area contributed by atoms with E-state index in [0.29, 0.717) is 22.7 Å². The standard InChI is InChI=1S/C18H23N5OS/c1-10(2)22-13(5)8-15(14(22)6)16(24)9-25-18-21-20-17-19-11(3)7-12(4)23(17)18/h7-8,10H,9H2,1-6H3. The SMILES string of the molecule is Cc1cc(C)n2c(SCC(=O)c3cc(C)n(C(C)C)c3C)nnc2n1. The maximum absolute atomic E-state index is 12.7. The zero-order chi connectivity index (χ0) is 18.3. The van der Waals surface area contributed by atoms with Crippen LogP contribution in [0, 0.1) is 27.7 Å². The van der Waals surface area contributed by atoms with E-state index in [1.807, 2.05) is 44.2 Å². The van der Waals surface area contributed by atoms with Crippen molar-refractivity contribution < 1.29 is 4.79 Å². The van der Waals surface area contributed by atoms with Gasteiger partial charge in [-0.15, -0.1) is 10.2 Å². The van der Waals surface area contributed by atoms with Crippen LogP contribution in [0.3, 0.4) is 0 Å². The van der Waals surface area contributed by atoms with Crippen molar-refractivity contribution in [3.63, 3.8) is 0 Å². The van der Waals surface area contributed by atoms with Crippen LogP contribution < -0.4 is 0 Å². The Morgan fingerprint density at radius 3 is 2.48 bits per heavy atom. The Bertz CT molecular complexity index is 954. The lowest BCUT2D eigenvalue weighted by molar-refractivity contribution is 0.102. The van der Waals surface area contributed by atoms with Crippen molar-refractivity contribution in [1.82, 2.24) is 24.1 Å². The zero-order valence-electron chi connectivity index (χ0n) is 15.5. The normalized spacial score (nSPS) is 11.6. The van der Waals surface area contributed by atoms with E-state index in [1.54, 1.807) is 0 Å². The fourth-order valence-corrected chi connectivity index (χ4v) is 4.22. The van der Waals surface area contributed by atoms with E-state index in [0.717, 1.165) is 28.3 Å². The summed E-state index contributed by atoms with van der Waals surface area (Å²) in [5, 5.41) is 9.01. The topological polar surface area (TPSA) is 65.1 Å². The number of ketones is 1. The van der Waals surface area contributed by atoms with Crippen LogP contribution in [0.2, 0.25) is 0 Å². The number of thioether (sulfide) groups is 1. The number of fused-ring (bicyclic) bond motifs is 1. The summed E-state index contributed by atoms with van der Waals surface area (Å²) < 4.78 is 4.09. The monoisotopic (exact) mass is 357 g/mol. The van der Waals surface area contributed by atoms with Gasteiger partial charge in [0, 0.05) is 34.4 Å². The molecule has 7 heteroatoms. The predicted molar refractivity (Wildman–Crippen MR) is 99.6 cm³/mol. The molecule has 0 aromatic carbocycles. The van der Waals surface area contributed by atoms with E-state index in [1.165, 1.54) is 11.8 Å². The fraction of sp³-hybridized carbons (Fsp3) is 0.444. The molecule has 3 aromatic rings. The van der Waals surface area contributed by atoms with Gasteiger partial charge < -0.3 is 4.57 Å². The Kier molecular flexibility index (Phi) is 4.69. The molecule has 0 amide bonds. The molecular formula is C18H23N5OS. The van der Waals surface area contributed by atoms with Crippen molar-refractivity contribution in [2.24, 2.45) is 0 Å². The molecule has 0 radical (unpaired) electrons. The number of nitrogens with zero attached hydrogens (tertiary/aromatic N) is 5. The Labute approximate surface area is 151 Å². The maximum atomic E-state index is 12.7. The van der Waals surface area contributed by atoms with Gasteiger partial charge in [-0.3, -0.25) is 9.20 Å². The average molecular weight is 357 g/mol. The van der Waals surface area contributed by atoms with Gasteiger partial charge in [-0.25, -0.2) is 4.98 Å². The third kappa shape index (κ3) is 3.20. The molecule has 3 aromatic heterocycles. The Hall–Kier alpha value is -2.15. The van der Waals surface area contributed by atoms with E-state index in [-0.39, 0.29) is 5.78 Å². The van der Waals surface area contributed by atoms with Crippen LogP contribution in [0.4, 0.5) is 0 Å². The fourth-order valence-electron chi connectivity index (χ4n) is 3.36. The highest BCUT2D eigenvalue weighted by Gasteiger charge is 2.19. The van der Waals surface area contributed by atoms with Gasteiger partial charge in [0.2, 0.25) is 0 Å². The third-order valence-corrected chi connectivity index (χ3v) is 5.23. The molecule has 0 saturated carbocycles. The molecule has 0 unspecified atom stereocenters. The zero-order valence-corrected chi connectivity index (χ0v) is 16.3. The summed E-state index contributed by atoms with van der Waals surface area (Å²) in [4.78, 5) is 17.1. The van der Waals surface area contributed by atoms with Gasteiger partial charge in [0.05, 0.1) is 5.75 Å². The number of aromatic nitrogens is 5. The number of rotatable bonds is 5. The molecule has 0 N–H and O–H groups in total. The Balaban J connectivity index is 1.83. The molecule has 0 aliphatic rings. The van der Waals surface area contributed by atoms with E-state index in [4.69, 9.17) is 0 Å². The lowest BCUT2D eigenvalue weighted by Crippen LogP contribution is -2.08. The largest absolute Gasteiger partial charge is 0.346 e. The molecule has 0 aliphatic carbocycles. The highest BCUT2D eigenvalue weighted by molar-refractivity contribution is 7.99. The van der Waals surface area contributed by atoms with Gasteiger partial charge in [0.25, 0.3) is 5.78 Å². The van der Waals surface area contributed by atoms with E-state index in [9.17, 15) is 4.79 Å². The smallest absolute Gasteiger partial charge is 0.256 e. The second-order valence-corrected chi connectivity index (χ2v) is 7.56. The molecular weight excluding hydrogens is 334 g/mol. The molecule has 3 heterocycles. The van der Waals surface area contributed by atoms with E-state index >= 15 is 0 Å². The molecule has 3 rings (SSSR count). The number of aryl methyl sites for hydroxylation is 3. The second kappa shape index (κ2) is 6.63. The molecule has 25 heavy (non-hydrogen) atoms. The molecule has 132 valence electrons. The summed E-state index contributed by atoms with van der Waals surface area (Å²) in [7, 11) is 0. The van der Waals surface area contributed by atoms with Crippen LogP contribution in [0.25, 0.3) is 5.78 Å². The number of Topliss-reactive ketones (excluding diaryl/α,β-unsaturated/α-hetero) is 1. The summed E-state index contributed by atoms with van der Waals surface area (Å²) in [5.41, 5.74) is 4.85. The lowest BCUT2D eigenvalue weighted by atomic mass is 10.2. The van der Waals surface area contributed by atoms with Crippen LogP contribution in [0.15, 0.2) is 17.3 Å². The first-order valence-corrected chi connectivity index (χ1v) is 9.32. The molecule has 0 bridgehead atoms. The van der Waals surface area contributed by atoms with Gasteiger partial charge in [-0.05, 0) is 53.7 Å². The van der Waals surface area contributed by atoms with Crippen LogP contribution in [0.5, 0.6) is 0 Å².